The quantitative estimate of drug-likeness (QED) is 0.126. The molecule has 0 fully saturated rings. The van der Waals surface area contributed by atoms with E-state index in [1.54, 1.807) is 41.7 Å². The van der Waals surface area contributed by atoms with Crippen LogP contribution in [0.3, 0.4) is 0 Å². The van der Waals surface area contributed by atoms with Crippen LogP contribution >= 0.6 is 46.6 Å². The Hall–Kier alpha value is -2.87. The maximum atomic E-state index is 13.6. The van der Waals surface area contributed by atoms with Gasteiger partial charge in [0.1, 0.15) is 22.9 Å². The summed E-state index contributed by atoms with van der Waals surface area (Å²) in [5, 5.41) is 12.9. The number of ether oxygens (including phenoxy) is 1. The fourth-order valence-corrected chi connectivity index (χ4v) is 7.83. The minimum absolute atomic E-state index is 0.00144. The molecule has 13 heteroatoms. The number of aryl methyl sites for hydroxylation is 1. The molecule has 4 rings (SSSR count). The molecule has 0 bridgehead atoms. The van der Waals surface area contributed by atoms with Gasteiger partial charge in [-0.1, -0.05) is 18.7 Å². The SMILES string of the molecule is CCOC(=O)C(C)(C)C(CC)Sc1ccc(NC(=O)c2nc(Sc3nncn3C)ccc2Sc2ccc(F)cc2)s1. The Morgan fingerprint density at radius 1 is 1.10 bits per heavy atom. The van der Waals surface area contributed by atoms with Crippen molar-refractivity contribution in [2.45, 2.75) is 63.5 Å². The fourth-order valence-electron chi connectivity index (χ4n) is 3.77. The lowest BCUT2D eigenvalue weighted by Crippen LogP contribution is -2.36. The maximum Gasteiger partial charge on any atom is 0.312 e. The molecule has 0 aliphatic rings. The van der Waals surface area contributed by atoms with Gasteiger partial charge < -0.3 is 14.6 Å². The molecular formula is C28H30FN5O3S4. The highest BCUT2D eigenvalue weighted by atomic mass is 32.2. The van der Waals surface area contributed by atoms with E-state index in [0.717, 1.165) is 15.5 Å². The number of amides is 1. The fraction of sp³-hybridized carbons (Fsp3) is 0.321. The number of benzene rings is 1. The van der Waals surface area contributed by atoms with Crippen LogP contribution in [0.5, 0.6) is 0 Å². The molecule has 0 aliphatic carbocycles. The van der Waals surface area contributed by atoms with Crippen LogP contribution in [0.25, 0.3) is 0 Å². The van der Waals surface area contributed by atoms with Crippen LogP contribution in [0.1, 0.15) is 44.6 Å². The molecule has 0 aliphatic heterocycles. The summed E-state index contributed by atoms with van der Waals surface area (Å²) in [5.41, 5.74) is -0.427. The summed E-state index contributed by atoms with van der Waals surface area (Å²) < 4.78 is 21.5. The van der Waals surface area contributed by atoms with Gasteiger partial charge in [-0.25, -0.2) is 9.37 Å². The molecule has 0 saturated heterocycles. The van der Waals surface area contributed by atoms with E-state index < -0.39 is 5.41 Å². The van der Waals surface area contributed by atoms with Crippen molar-refractivity contribution in [3.8, 4) is 0 Å². The van der Waals surface area contributed by atoms with Crippen LogP contribution in [0.2, 0.25) is 0 Å². The van der Waals surface area contributed by atoms with Gasteiger partial charge in [0.05, 0.1) is 21.2 Å². The van der Waals surface area contributed by atoms with E-state index in [4.69, 9.17) is 4.74 Å². The Kier molecular flexibility index (Phi) is 10.5. The van der Waals surface area contributed by atoms with Gasteiger partial charge in [0.2, 0.25) is 0 Å². The lowest BCUT2D eigenvalue weighted by Gasteiger charge is -2.30. The van der Waals surface area contributed by atoms with E-state index in [2.05, 4.69) is 20.5 Å². The van der Waals surface area contributed by atoms with Gasteiger partial charge in [0.25, 0.3) is 5.91 Å². The number of esters is 1. The molecule has 8 nitrogen and oxygen atoms in total. The van der Waals surface area contributed by atoms with Crippen LogP contribution in [0, 0.1) is 11.2 Å². The predicted molar refractivity (Wildman–Crippen MR) is 163 cm³/mol. The van der Waals surface area contributed by atoms with Gasteiger partial charge in [-0.15, -0.1) is 33.3 Å². The first-order chi connectivity index (χ1) is 19.6. The summed E-state index contributed by atoms with van der Waals surface area (Å²) in [6, 6.07) is 13.5. The Morgan fingerprint density at radius 3 is 2.51 bits per heavy atom. The van der Waals surface area contributed by atoms with E-state index in [-0.39, 0.29) is 28.6 Å². The minimum atomic E-state index is -0.667. The molecule has 1 aromatic carbocycles. The van der Waals surface area contributed by atoms with Crippen LogP contribution in [-0.4, -0.2) is 43.5 Å². The number of aromatic nitrogens is 4. The first kappa shape index (κ1) is 31.1. The van der Waals surface area contributed by atoms with Gasteiger partial charge in [-0.2, -0.15) is 0 Å². The Bertz CT molecular complexity index is 1510. The number of hydrogen-bond donors (Lipinski definition) is 1. The smallest absolute Gasteiger partial charge is 0.312 e. The molecular weight excluding hydrogens is 602 g/mol. The van der Waals surface area contributed by atoms with Gasteiger partial charge in [-0.3, -0.25) is 9.59 Å². The number of nitrogens with zero attached hydrogens (tertiary/aromatic N) is 4. The second-order valence-corrected chi connectivity index (χ2v) is 14.1. The molecule has 3 heterocycles. The summed E-state index contributed by atoms with van der Waals surface area (Å²) in [7, 11) is 1.83. The lowest BCUT2D eigenvalue weighted by molar-refractivity contribution is -0.153. The number of hydrogen-bond acceptors (Lipinski definition) is 10. The molecule has 1 N–H and O–H groups in total. The number of nitrogens with one attached hydrogen (secondary N) is 1. The Labute approximate surface area is 255 Å². The van der Waals surface area contributed by atoms with Gasteiger partial charge in [0, 0.05) is 22.1 Å². The maximum absolute atomic E-state index is 13.6. The van der Waals surface area contributed by atoms with Gasteiger partial charge in [-0.05, 0) is 87.5 Å². The highest BCUT2D eigenvalue weighted by molar-refractivity contribution is 8.01. The highest BCUT2D eigenvalue weighted by Gasteiger charge is 2.38. The second kappa shape index (κ2) is 13.9. The normalized spacial score (nSPS) is 12.2. The van der Waals surface area contributed by atoms with Crippen molar-refractivity contribution in [1.29, 1.82) is 0 Å². The topological polar surface area (TPSA) is 99.0 Å². The number of thiophene rings is 1. The van der Waals surface area contributed by atoms with Crippen molar-refractivity contribution in [1.82, 2.24) is 19.7 Å². The number of thioether (sulfide) groups is 1. The molecule has 41 heavy (non-hydrogen) atoms. The molecule has 216 valence electrons. The summed E-state index contributed by atoms with van der Waals surface area (Å²) in [6.07, 6.45) is 2.37. The minimum Gasteiger partial charge on any atom is -0.466 e. The zero-order valence-electron chi connectivity index (χ0n) is 23.2. The molecule has 0 spiro atoms. The van der Waals surface area contributed by atoms with E-state index in [1.165, 1.54) is 47.0 Å². The number of halogens is 1. The number of anilines is 1. The first-order valence-corrected chi connectivity index (χ1v) is 16.1. The third kappa shape index (κ3) is 7.91. The Balaban J connectivity index is 1.55. The van der Waals surface area contributed by atoms with E-state index >= 15 is 0 Å². The zero-order chi connectivity index (χ0) is 29.6. The summed E-state index contributed by atoms with van der Waals surface area (Å²) in [6.45, 7) is 8.00. The van der Waals surface area contributed by atoms with Crippen LogP contribution in [-0.2, 0) is 16.6 Å². The van der Waals surface area contributed by atoms with E-state index in [1.807, 2.05) is 52.1 Å². The standard InChI is InChI=1S/C28H30FN5O3S4/c1-6-20(28(3,4)26(36)37-7-2)39-23-15-14-22(40-23)32-25(35)24-19(38-18-10-8-17(29)9-11-18)12-13-21(31-24)41-27-33-30-16-34(27)5/h8-16,20H,6-7H2,1-5H3,(H,32,35). The third-order valence-corrected chi connectivity index (χ3v) is 11.0. The van der Waals surface area contributed by atoms with Crippen molar-refractivity contribution < 1.29 is 18.7 Å². The lowest BCUT2D eigenvalue weighted by atomic mass is 9.87. The average Bonchev–Trinajstić information content (AvgIpc) is 3.57. The van der Waals surface area contributed by atoms with Crippen molar-refractivity contribution in [2.75, 3.05) is 11.9 Å². The number of rotatable bonds is 12. The molecule has 3 aromatic heterocycles. The average molecular weight is 632 g/mol. The second-order valence-electron chi connectivity index (χ2n) is 9.41. The molecule has 0 radical (unpaired) electrons. The predicted octanol–water partition coefficient (Wildman–Crippen LogP) is 7.43. The Morgan fingerprint density at radius 2 is 1.85 bits per heavy atom. The van der Waals surface area contributed by atoms with Crippen LogP contribution < -0.4 is 5.32 Å². The van der Waals surface area contributed by atoms with Crippen molar-refractivity contribution >= 4 is 63.5 Å². The van der Waals surface area contributed by atoms with E-state index in [9.17, 15) is 14.0 Å². The first-order valence-electron chi connectivity index (χ1n) is 12.8. The van der Waals surface area contributed by atoms with E-state index in [0.29, 0.717) is 26.7 Å². The van der Waals surface area contributed by atoms with Gasteiger partial charge in [0.15, 0.2) is 5.16 Å². The summed E-state index contributed by atoms with van der Waals surface area (Å²) in [5.74, 6) is -0.920. The largest absolute Gasteiger partial charge is 0.466 e. The van der Waals surface area contributed by atoms with Crippen LogP contribution in [0.4, 0.5) is 9.39 Å². The highest BCUT2D eigenvalue weighted by Crippen LogP contribution is 2.42. The number of carbonyl (C=O) groups excluding carboxylic acids is 2. The molecule has 0 saturated carbocycles. The molecule has 1 unspecified atom stereocenters. The van der Waals surface area contributed by atoms with Crippen molar-refractivity contribution in [2.24, 2.45) is 12.5 Å². The third-order valence-electron chi connectivity index (χ3n) is 6.01. The summed E-state index contributed by atoms with van der Waals surface area (Å²) >= 11 is 5.67. The summed E-state index contributed by atoms with van der Waals surface area (Å²) in [4.78, 5) is 32.2. The van der Waals surface area contributed by atoms with Crippen molar-refractivity contribution in [3.05, 3.63) is 66.4 Å². The number of pyridine rings is 1. The molecule has 1 amide bonds. The van der Waals surface area contributed by atoms with Crippen LogP contribution in [0.15, 0.2) is 79.0 Å². The monoisotopic (exact) mass is 631 g/mol. The van der Waals surface area contributed by atoms with Gasteiger partial charge >= 0.3 is 5.97 Å². The molecule has 4 aromatic rings. The van der Waals surface area contributed by atoms with Crippen molar-refractivity contribution in [3.63, 3.8) is 0 Å². The molecule has 1 atom stereocenters. The zero-order valence-corrected chi connectivity index (χ0v) is 26.5. The number of carbonyl (C=O) groups is 2.